The van der Waals surface area contributed by atoms with Gasteiger partial charge in [-0.3, -0.25) is 4.79 Å². The molecule has 78 valence electrons. The summed E-state index contributed by atoms with van der Waals surface area (Å²) in [5, 5.41) is 8.19. The van der Waals surface area contributed by atoms with E-state index in [9.17, 15) is 13.6 Å². The van der Waals surface area contributed by atoms with Crippen molar-refractivity contribution < 1.29 is 18.3 Å². The molecule has 1 atom stereocenters. The van der Waals surface area contributed by atoms with E-state index in [1.807, 2.05) is 0 Å². The Morgan fingerprint density at radius 2 is 2.29 bits per heavy atom. The zero-order valence-corrected chi connectivity index (χ0v) is 7.58. The molecule has 0 spiro atoms. The molecule has 0 aliphatic heterocycles. The van der Waals surface area contributed by atoms with E-state index >= 15 is 0 Å². The van der Waals surface area contributed by atoms with Crippen LogP contribution in [0.5, 0.6) is 0 Å². The predicted molar refractivity (Wildman–Crippen MR) is 45.5 cm³/mol. The molecule has 0 aromatic heterocycles. The number of rotatable bonds is 6. The Morgan fingerprint density at radius 1 is 1.64 bits per heavy atom. The number of carbonyl (C=O) groups excluding carboxylic acids is 1. The van der Waals surface area contributed by atoms with Gasteiger partial charge in [0.15, 0.2) is 0 Å². The van der Waals surface area contributed by atoms with Crippen LogP contribution in [-0.4, -0.2) is 19.0 Å². The summed E-state index contributed by atoms with van der Waals surface area (Å²) in [5.41, 5.74) is 0. The molecule has 0 aromatic carbocycles. The van der Waals surface area contributed by atoms with Gasteiger partial charge in [-0.25, -0.2) is 8.78 Å². The number of halogens is 2. The third-order valence-electron chi connectivity index (χ3n) is 1.52. The van der Waals surface area contributed by atoms with Gasteiger partial charge in [0, 0.05) is 6.42 Å². The maximum absolute atomic E-state index is 12.3. The predicted octanol–water partition coefficient (Wildman–Crippen LogP) is 1.90. The van der Waals surface area contributed by atoms with Gasteiger partial charge in [-0.1, -0.05) is 12.7 Å². The molecule has 0 aliphatic rings. The number of nitriles is 1. The first-order valence-electron chi connectivity index (χ1n) is 4.06. The normalized spacial score (nSPS) is 11.9. The zero-order chi connectivity index (χ0) is 11.0. The topological polar surface area (TPSA) is 50.1 Å². The summed E-state index contributed by atoms with van der Waals surface area (Å²) >= 11 is 0. The van der Waals surface area contributed by atoms with Crippen LogP contribution in [0.15, 0.2) is 12.7 Å². The minimum atomic E-state index is -2.79. The molecule has 5 heteroatoms. The summed E-state index contributed by atoms with van der Waals surface area (Å²) in [6.07, 6.45) is -1.76. The minimum absolute atomic E-state index is 0.0851. The van der Waals surface area contributed by atoms with Gasteiger partial charge in [0.2, 0.25) is 0 Å². The molecule has 0 saturated carbocycles. The van der Waals surface area contributed by atoms with Crippen LogP contribution in [0.25, 0.3) is 0 Å². The standard InChI is InChI=1S/C9H11F2NO2/c1-2-6-14-9(13)7(8(10)11)4-3-5-12/h2,7-8H,1,3-4,6H2. The van der Waals surface area contributed by atoms with Gasteiger partial charge in [-0.2, -0.15) is 5.26 Å². The van der Waals surface area contributed by atoms with E-state index in [1.165, 1.54) is 6.08 Å². The van der Waals surface area contributed by atoms with Gasteiger partial charge < -0.3 is 4.74 Å². The summed E-state index contributed by atoms with van der Waals surface area (Å²) in [5.74, 6) is -2.48. The molecule has 0 heterocycles. The molecule has 0 aromatic rings. The van der Waals surface area contributed by atoms with Crippen molar-refractivity contribution in [2.45, 2.75) is 19.3 Å². The van der Waals surface area contributed by atoms with Crippen molar-refractivity contribution in [2.75, 3.05) is 6.61 Å². The van der Waals surface area contributed by atoms with Crippen molar-refractivity contribution in [1.29, 1.82) is 5.26 Å². The van der Waals surface area contributed by atoms with Crippen LogP contribution in [-0.2, 0) is 9.53 Å². The van der Waals surface area contributed by atoms with E-state index in [4.69, 9.17) is 5.26 Å². The van der Waals surface area contributed by atoms with Gasteiger partial charge in [0.25, 0.3) is 6.43 Å². The molecule has 0 aliphatic carbocycles. The molecule has 1 unspecified atom stereocenters. The average Bonchev–Trinajstić information content (AvgIpc) is 2.14. The van der Waals surface area contributed by atoms with Gasteiger partial charge in [0.05, 0.1) is 6.07 Å². The van der Waals surface area contributed by atoms with Crippen molar-refractivity contribution in [3.05, 3.63) is 12.7 Å². The lowest BCUT2D eigenvalue weighted by molar-refractivity contribution is -0.152. The second-order valence-corrected chi connectivity index (χ2v) is 2.56. The molecular weight excluding hydrogens is 192 g/mol. The second-order valence-electron chi connectivity index (χ2n) is 2.56. The summed E-state index contributed by atoms with van der Waals surface area (Å²) in [4.78, 5) is 11.0. The Morgan fingerprint density at radius 3 is 2.71 bits per heavy atom. The summed E-state index contributed by atoms with van der Waals surface area (Å²) in [6, 6.07) is 1.70. The lowest BCUT2D eigenvalue weighted by Gasteiger charge is -2.12. The average molecular weight is 203 g/mol. The lowest BCUT2D eigenvalue weighted by Crippen LogP contribution is -2.24. The highest BCUT2D eigenvalue weighted by molar-refractivity contribution is 5.73. The Labute approximate surface area is 81.0 Å². The van der Waals surface area contributed by atoms with Gasteiger partial charge >= 0.3 is 5.97 Å². The SMILES string of the molecule is C=CCOC(=O)C(CCC#N)C(F)F. The van der Waals surface area contributed by atoms with E-state index < -0.39 is 18.3 Å². The molecule has 0 fully saturated rings. The smallest absolute Gasteiger partial charge is 0.315 e. The number of hydrogen-bond donors (Lipinski definition) is 0. The van der Waals surface area contributed by atoms with E-state index in [-0.39, 0.29) is 19.4 Å². The van der Waals surface area contributed by atoms with Crippen LogP contribution < -0.4 is 0 Å². The molecule has 0 N–H and O–H groups in total. The first kappa shape index (κ1) is 12.6. The molecule has 3 nitrogen and oxygen atoms in total. The Kier molecular flexibility index (Phi) is 6.29. The summed E-state index contributed by atoms with van der Waals surface area (Å²) in [7, 11) is 0. The van der Waals surface area contributed by atoms with Gasteiger partial charge in [0.1, 0.15) is 12.5 Å². The van der Waals surface area contributed by atoms with E-state index in [1.54, 1.807) is 6.07 Å². The molecule has 0 amide bonds. The summed E-state index contributed by atoms with van der Waals surface area (Å²) < 4.78 is 29.0. The summed E-state index contributed by atoms with van der Waals surface area (Å²) in [6.45, 7) is 3.19. The fourth-order valence-electron chi connectivity index (χ4n) is 0.815. The molecule has 14 heavy (non-hydrogen) atoms. The first-order valence-corrected chi connectivity index (χ1v) is 4.06. The van der Waals surface area contributed by atoms with Crippen molar-refractivity contribution >= 4 is 5.97 Å². The first-order chi connectivity index (χ1) is 6.63. The number of hydrogen-bond acceptors (Lipinski definition) is 3. The van der Waals surface area contributed by atoms with E-state index in [0.717, 1.165) is 0 Å². The van der Waals surface area contributed by atoms with Gasteiger partial charge in [-0.05, 0) is 6.42 Å². The van der Waals surface area contributed by atoms with E-state index in [2.05, 4.69) is 11.3 Å². The number of carbonyl (C=O) groups is 1. The van der Waals surface area contributed by atoms with Crippen molar-refractivity contribution in [3.63, 3.8) is 0 Å². The number of nitrogens with zero attached hydrogens (tertiary/aromatic N) is 1. The maximum atomic E-state index is 12.3. The second kappa shape index (κ2) is 7.01. The lowest BCUT2D eigenvalue weighted by atomic mass is 10.1. The molecular formula is C9H11F2NO2. The fourth-order valence-corrected chi connectivity index (χ4v) is 0.815. The third-order valence-corrected chi connectivity index (χ3v) is 1.52. The Balaban J connectivity index is 4.12. The molecule has 0 saturated heterocycles. The van der Waals surface area contributed by atoms with Crippen LogP contribution in [0, 0.1) is 17.2 Å². The molecule has 0 rings (SSSR count). The number of esters is 1. The van der Waals surface area contributed by atoms with Crippen LogP contribution in [0.4, 0.5) is 8.78 Å². The highest BCUT2D eigenvalue weighted by Crippen LogP contribution is 2.17. The Bertz CT molecular complexity index is 235. The van der Waals surface area contributed by atoms with Crippen LogP contribution >= 0.6 is 0 Å². The van der Waals surface area contributed by atoms with Crippen LogP contribution in [0.1, 0.15) is 12.8 Å². The highest BCUT2D eigenvalue weighted by Gasteiger charge is 2.29. The van der Waals surface area contributed by atoms with Crippen molar-refractivity contribution in [3.8, 4) is 6.07 Å². The quantitative estimate of drug-likeness (QED) is 0.489. The van der Waals surface area contributed by atoms with Crippen molar-refractivity contribution in [1.82, 2.24) is 0 Å². The molecule has 0 bridgehead atoms. The molecule has 0 radical (unpaired) electrons. The zero-order valence-electron chi connectivity index (χ0n) is 7.58. The monoisotopic (exact) mass is 203 g/mol. The van der Waals surface area contributed by atoms with E-state index in [0.29, 0.717) is 0 Å². The van der Waals surface area contributed by atoms with Crippen LogP contribution in [0.2, 0.25) is 0 Å². The van der Waals surface area contributed by atoms with Gasteiger partial charge in [-0.15, -0.1) is 0 Å². The highest BCUT2D eigenvalue weighted by atomic mass is 19.3. The Hall–Kier alpha value is -1.44. The van der Waals surface area contributed by atoms with Crippen LogP contribution in [0.3, 0.4) is 0 Å². The van der Waals surface area contributed by atoms with Crippen molar-refractivity contribution in [2.24, 2.45) is 5.92 Å². The fraction of sp³-hybridized carbons (Fsp3) is 0.556. The maximum Gasteiger partial charge on any atom is 0.315 e. The number of alkyl halides is 2. The third kappa shape index (κ3) is 4.55. The number of ether oxygens (including phenoxy) is 1. The minimum Gasteiger partial charge on any atom is -0.461 e. The largest absolute Gasteiger partial charge is 0.461 e.